The topological polar surface area (TPSA) is 3.24 Å². The van der Waals surface area contributed by atoms with Crippen LogP contribution in [-0.4, -0.2) is 30.0 Å². The second kappa shape index (κ2) is 4.13. The molecule has 0 saturated carbocycles. The van der Waals surface area contributed by atoms with Crippen molar-refractivity contribution in [2.45, 2.75) is 46.1 Å². The molecule has 0 unspecified atom stereocenters. The summed E-state index contributed by atoms with van der Waals surface area (Å²) in [5.74, 6) is -2.00. The normalized spacial score (nSPS) is 28.7. The molecule has 0 aromatic rings. The maximum Gasteiger partial charge on any atom is 0.260 e. The van der Waals surface area contributed by atoms with E-state index in [9.17, 15) is 8.78 Å². The Morgan fingerprint density at radius 2 is 1.79 bits per heavy atom. The zero-order chi connectivity index (χ0) is 10.9. The van der Waals surface area contributed by atoms with Crippen LogP contribution in [0.25, 0.3) is 0 Å². The molecule has 0 amide bonds. The summed E-state index contributed by atoms with van der Waals surface area (Å²) in [5, 5.41) is 0. The van der Waals surface area contributed by atoms with Gasteiger partial charge < -0.3 is 0 Å². The number of piperidine rings is 1. The summed E-state index contributed by atoms with van der Waals surface area (Å²) >= 11 is 0. The van der Waals surface area contributed by atoms with E-state index in [0.29, 0.717) is 5.92 Å². The highest BCUT2D eigenvalue weighted by molar-refractivity contribution is 4.86. The SMILES string of the molecule is CC(C)[C@@H]1CN(C(C)C)CC(F)(F)C1. The van der Waals surface area contributed by atoms with Crippen LogP contribution in [-0.2, 0) is 0 Å². The molecule has 0 aromatic carbocycles. The van der Waals surface area contributed by atoms with Gasteiger partial charge in [-0.15, -0.1) is 0 Å². The van der Waals surface area contributed by atoms with E-state index in [4.69, 9.17) is 0 Å². The number of rotatable bonds is 2. The van der Waals surface area contributed by atoms with Crippen LogP contribution < -0.4 is 0 Å². The number of nitrogens with zero attached hydrogens (tertiary/aromatic N) is 1. The molecular weight excluding hydrogens is 184 g/mol. The van der Waals surface area contributed by atoms with Gasteiger partial charge in [0.25, 0.3) is 5.92 Å². The van der Waals surface area contributed by atoms with E-state index in [2.05, 4.69) is 0 Å². The average Bonchev–Trinajstić information content (AvgIpc) is 2.01. The molecule has 0 N–H and O–H groups in total. The quantitative estimate of drug-likeness (QED) is 0.670. The fourth-order valence-corrected chi connectivity index (χ4v) is 2.02. The van der Waals surface area contributed by atoms with Gasteiger partial charge in [-0.25, -0.2) is 8.78 Å². The Hall–Kier alpha value is -0.180. The minimum Gasteiger partial charge on any atom is -0.295 e. The number of hydrogen-bond donors (Lipinski definition) is 0. The van der Waals surface area contributed by atoms with E-state index in [0.717, 1.165) is 6.54 Å². The van der Waals surface area contributed by atoms with E-state index in [-0.39, 0.29) is 24.9 Å². The lowest BCUT2D eigenvalue weighted by molar-refractivity contribution is -0.0991. The first-order valence-corrected chi connectivity index (χ1v) is 5.43. The van der Waals surface area contributed by atoms with Crippen LogP contribution in [0.2, 0.25) is 0 Å². The summed E-state index contributed by atoms with van der Waals surface area (Å²) < 4.78 is 26.8. The largest absolute Gasteiger partial charge is 0.295 e. The molecule has 1 rings (SSSR count). The first-order valence-electron chi connectivity index (χ1n) is 5.43. The third kappa shape index (κ3) is 2.91. The van der Waals surface area contributed by atoms with Gasteiger partial charge in [0.2, 0.25) is 0 Å². The molecule has 0 spiro atoms. The van der Waals surface area contributed by atoms with Crippen molar-refractivity contribution in [3.05, 3.63) is 0 Å². The van der Waals surface area contributed by atoms with Crippen molar-refractivity contribution in [1.82, 2.24) is 4.90 Å². The van der Waals surface area contributed by atoms with Crippen molar-refractivity contribution in [2.24, 2.45) is 11.8 Å². The van der Waals surface area contributed by atoms with Crippen LogP contribution in [0.15, 0.2) is 0 Å². The van der Waals surface area contributed by atoms with Crippen LogP contribution in [0.5, 0.6) is 0 Å². The van der Waals surface area contributed by atoms with E-state index < -0.39 is 5.92 Å². The Balaban J connectivity index is 2.67. The van der Waals surface area contributed by atoms with Crippen molar-refractivity contribution in [1.29, 1.82) is 0 Å². The predicted molar refractivity (Wildman–Crippen MR) is 54.6 cm³/mol. The van der Waals surface area contributed by atoms with Crippen LogP contribution >= 0.6 is 0 Å². The highest BCUT2D eigenvalue weighted by Crippen LogP contribution is 2.34. The standard InChI is InChI=1S/C11H21F2N/c1-8(2)10-5-11(12,13)7-14(6-10)9(3)4/h8-10H,5-7H2,1-4H3/t10-/m0/s1. The van der Waals surface area contributed by atoms with Crippen LogP contribution in [0, 0.1) is 11.8 Å². The van der Waals surface area contributed by atoms with Crippen LogP contribution in [0.1, 0.15) is 34.1 Å². The Bertz CT molecular complexity index is 172. The molecule has 1 nitrogen and oxygen atoms in total. The molecule has 0 radical (unpaired) electrons. The Kier molecular flexibility index (Phi) is 3.51. The summed E-state index contributed by atoms with van der Waals surface area (Å²) in [5.41, 5.74) is 0. The maximum absolute atomic E-state index is 13.4. The zero-order valence-electron chi connectivity index (χ0n) is 9.56. The van der Waals surface area contributed by atoms with Crippen LogP contribution in [0.3, 0.4) is 0 Å². The summed E-state index contributed by atoms with van der Waals surface area (Å²) in [4.78, 5) is 1.90. The molecule has 0 bridgehead atoms. The molecule has 1 aliphatic rings. The molecule has 1 heterocycles. The highest BCUT2D eigenvalue weighted by Gasteiger charge is 2.41. The number of hydrogen-bond acceptors (Lipinski definition) is 1. The number of likely N-dealkylation sites (tertiary alicyclic amines) is 1. The van der Waals surface area contributed by atoms with E-state index in [1.165, 1.54) is 0 Å². The van der Waals surface area contributed by atoms with Gasteiger partial charge in [-0.05, 0) is 25.7 Å². The van der Waals surface area contributed by atoms with E-state index in [1.54, 1.807) is 0 Å². The molecule has 3 heteroatoms. The summed E-state index contributed by atoms with van der Waals surface area (Å²) in [7, 11) is 0. The van der Waals surface area contributed by atoms with Crippen molar-refractivity contribution >= 4 is 0 Å². The molecule has 1 aliphatic heterocycles. The Morgan fingerprint density at radius 1 is 1.21 bits per heavy atom. The molecule has 14 heavy (non-hydrogen) atoms. The molecule has 1 fully saturated rings. The molecule has 84 valence electrons. The highest BCUT2D eigenvalue weighted by atomic mass is 19.3. The molecule has 1 saturated heterocycles. The second-order valence-electron chi connectivity index (χ2n) is 5.09. The van der Waals surface area contributed by atoms with Crippen molar-refractivity contribution < 1.29 is 8.78 Å². The predicted octanol–water partition coefficient (Wildman–Crippen LogP) is 3.01. The van der Waals surface area contributed by atoms with Crippen molar-refractivity contribution in [3.63, 3.8) is 0 Å². The van der Waals surface area contributed by atoms with E-state index >= 15 is 0 Å². The molecule has 1 atom stereocenters. The minimum absolute atomic E-state index is 0.0616. The van der Waals surface area contributed by atoms with Crippen LogP contribution in [0.4, 0.5) is 8.78 Å². The third-order valence-electron chi connectivity index (χ3n) is 3.14. The van der Waals surface area contributed by atoms with Gasteiger partial charge in [0, 0.05) is 19.0 Å². The first-order chi connectivity index (χ1) is 6.32. The number of halogens is 2. The maximum atomic E-state index is 13.4. The van der Waals surface area contributed by atoms with Crippen molar-refractivity contribution in [3.8, 4) is 0 Å². The Morgan fingerprint density at radius 3 is 2.21 bits per heavy atom. The fourth-order valence-electron chi connectivity index (χ4n) is 2.02. The lowest BCUT2D eigenvalue weighted by Gasteiger charge is -2.41. The lowest BCUT2D eigenvalue weighted by atomic mass is 9.85. The summed E-state index contributed by atoms with van der Waals surface area (Å²) in [6.07, 6.45) is 0.0634. The summed E-state index contributed by atoms with van der Waals surface area (Å²) in [6.45, 7) is 8.80. The number of alkyl halides is 2. The molecule has 0 aliphatic carbocycles. The monoisotopic (exact) mass is 205 g/mol. The average molecular weight is 205 g/mol. The first kappa shape index (κ1) is 11.9. The van der Waals surface area contributed by atoms with Gasteiger partial charge in [0.1, 0.15) is 0 Å². The Labute approximate surface area is 85.5 Å². The van der Waals surface area contributed by atoms with Gasteiger partial charge in [-0.2, -0.15) is 0 Å². The van der Waals surface area contributed by atoms with Gasteiger partial charge in [0.15, 0.2) is 0 Å². The van der Waals surface area contributed by atoms with Gasteiger partial charge >= 0.3 is 0 Å². The zero-order valence-corrected chi connectivity index (χ0v) is 9.56. The molecular formula is C11H21F2N. The smallest absolute Gasteiger partial charge is 0.260 e. The fraction of sp³-hybridized carbons (Fsp3) is 1.00. The minimum atomic E-state index is -2.49. The summed E-state index contributed by atoms with van der Waals surface area (Å²) in [6, 6.07) is 0.224. The van der Waals surface area contributed by atoms with Gasteiger partial charge in [-0.3, -0.25) is 4.90 Å². The third-order valence-corrected chi connectivity index (χ3v) is 3.14. The second-order valence-corrected chi connectivity index (χ2v) is 5.09. The van der Waals surface area contributed by atoms with E-state index in [1.807, 2.05) is 32.6 Å². The lowest BCUT2D eigenvalue weighted by Crippen LogP contribution is -2.50. The van der Waals surface area contributed by atoms with Gasteiger partial charge in [-0.1, -0.05) is 13.8 Å². The van der Waals surface area contributed by atoms with Crippen molar-refractivity contribution in [2.75, 3.05) is 13.1 Å². The van der Waals surface area contributed by atoms with Gasteiger partial charge in [0.05, 0.1) is 6.54 Å². The molecule has 0 aromatic heterocycles.